The van der Waals surface area contributed by atoms with E-state index in [0.29, 0.717) is 0 Å². The van der Waals surface area contributed by atoms with Gasteiger partial charge >= 0.3 is 0 Å². The van der Waals surface area contributed by atoms with E-state index in [2.05, 4.69) is 198 Å². The number of hydrogen-bond acceptors (Lipinski definition) is 3. The Morgan fingerprint density at radius 3 is 1.65 bits per heavy atom. The molecule has 0 saturated heterocycles. The van der Waals surface area contributed by atoms with E-state index in [1.165, 1.54) is 97.7 Å². The summed E-state index contributed by atoms with van der Waals surface area (Å²) >= 11 is 1.94. The average Bonchev–Trinajstić information content (AvgIpc) is 3.63. The molecule has 0 N–H and O–H groups in total. The molecule has 0 atom stereocenters. The Morgan fingerprint density at radius 2 is 0.907 bits per heavy atom. The molecule has 0 unspecified atom stereocenters. The van der Waals surface area contributed by atoms with Gasteiger partial charge in [0.25, 0.3) is 6.71 Å². The second-order valence-corrected chi connectivity index (χ2v) is 15.5. The summed E-state index contributed by atoms with van der Waals surface area (Å²) in [6.07, 6.45) is 0. The summed E-state index contributed by atoms with van der Waals surface area (Å²) in [5.41, 5.74) is 12.5. The standard InChI is InChI=1S/C50H31BN2S/c1-2-13-34(14-3-1)53-46-23-12-22-45-48(46)51(50-49(53)41-19-8-11-24-47(41)54-50)43-20-9-10-21-44(43)52(45)35-28-25-32(26-29-35)33-27-30-40-38-17-5-4-15-36(38)37-16-6-7-18-39(37)42(40)31-33/h1-31H. The first-order chi connectivity index (χ1) is 26.8. The third-order valence-electron chi connectivity index (χ3n) is 11.6. The highest BCUT2D eigenvalue weighted by atomic mass is 32.1. The third kappa shape index (κ3) is 4.17. The van der Waals surface area contributed by atoms with Gasteiger partial charge in [-0.25, -0.2) is 0 Å². The first-order valence-electron chi connectivity index (χ1n) is 18.6. The summed E-state index contributed by atoms with van der Waals surface area (Å²) < 4.78 is 2.72. The Hall–Kier alpha value is -6.62. The minimum absolute atomic E-state index is 0.138. The van der Waals surface area contributed by atoms with Gasteiger partial charge in [-0.2, -0.15) is 0 Å². The van der Waals surface area contributed by atoms with Crippen LogP contribution in [0.2, 0.25) is 0 Å². The fourth-order valence-corrected chi connectivity index (χ4v) is 10.6. The Kier molecular flexibility index (Phi) is 6.34. The summed E-state index contributed by atoms with van der Waals surface area (Å²) in [7, 11) is 0. The molecule has 2 aliphatic heterocycles. The summed E-state index contributed by atoms with van der Waals surface area (Å²) in [5.74, 6) is 0. The van der Waals surface area contributed by atoms with E-state index in [-0.39, 0.29) is 6.71 Å². The van der Waals surface area contributed by atoms with Crippen LogP contribution in [0.4, 0.5) is 34.1 Å². The average molecular weight is 703 g/mol. The molecular weight excluding hydrogens is 671 g/mol. The van der Waals surface area contributed by atoms with Crippen LogP contribution in [0.3, 0.4) is 0 Å². The number of thiophene rings is 1. The fraction of sp³-hybridized carbons (Fsp3) is 0. The summed E-state index contributed by atoms with van der Waals surface area (Å²) in [4.78, 5) is 4.99. The molecule has 250 valence electrons. The first kappa shape index (κ1) is 29.9. The second kappa shape index (κ2) is 11.4. The quantitative estimate of drug-likeness (QED) is 0.134. The molecular formula is C50H31BN2S. The minimum Gasteiger partial charge on any atom is -0.311 e. The normalized spacial score (nSPS) is 13.1. The predicted molar refractivity (Wildman–Crippen MR) is 234 cm³/mol. The lowest BCUT2D eigenvalue weighted by Gasteiger charge is -2.43. The van der Waals surface area contributed by atoms with Gasteiger partial charge in [-0.15, -0.1) is 11.3 Å². The van der Waals surface area contributed by atoms with Gasteiger partial charge in [-0.3, -0.25) is 0 Å². The molecule has 0 fully saturated rings. The maximum Gasteiger partial charge on any atom is 0.264 e. The van der Waals surface area contributed by atoms with E-state index < -0.39 is 0 Å². The van der Waals surface area contributed by atoms with Gasteiger partial charge in [-0.05, 0) is 109 Å². The van der Waals surface area contributed by atoms with Gasteiger partial charge in [0, 0.05) is 43.3 Å². The Bertz CT molecular complexity index is 3100. The molecule has 3 heterocycles. The topological polar surface area (TPSA) is 6.48 Å². The Labute approximate surface area is 317 Å². The molecule has 2 aliphatic rings. The van der Waals surface area contributed by atoms with Crippen molar-refractivity contribution in [3.8, 4) is 11.1 Å². The number of para-hydroxylation sites is 2. The molecule has 0 spiro atoms. The number of anilines is 6. The molecule has 0 amide bonds. The number of fused-ring (bicyclic) bond motifs is 12. The van der Waals surface area contributed by atoms with Crippen LogP contribution in [0.25, 0.3) is 53.5 Å². The first-order valence-corrected chi connectivity index (χ1v) is 19.5. The van der Waals surface area contributed by atoms with Crippen molar-refractivity contribution in [2.24, 2.45) is 0 Å². The van der Waals surface area contributed by atoms with Crippen LogP contribution in [-0.2, 0) is 0 Å². The zero-order valence-corrected chi connectivity index (χ0v) is 30.1. The van der Waals surface area contributed by atoms with Crippen LogP contribution in [-0.4, -0.2) is 6.71 Å². The van der Waals surface area contributed by atoms with Crippen LogP contribution < -0.4 is 25.5 Å². The minimum atomic E-state index is 0.138. The molecule has 2 nitrogen and oxygen atoms in total. The lowest BCUT2D eigenvalue weighted by atomic mass is 9.36. The van der Waals surface area contributed by atoms with Gasteiger partial charge in [0.2, 0.25) is 0 Å². The number of nitrogens with zero attached hydrogens (tertiary/aromatic N) is 2. The van der Waals surface area contributed by atoms with E-state index in [1.807, 2.05) is 11.3 Å². The summed E-state index contributed by atoms with van der Waals surface area (Å²) in [6, 6.07) is 69.5. The summed E-state index contributed by atoms with van der Waals surface area (Å²) in [5, 5.41) is 9.10. The van der Waals surface area contributed by atoms with Crippen molar-refractivity contribution < 1.29 is 0 Å². The Balaban J connectivity index is 1.03. The molecule has 4 heteroatoms. The Morgan fingerprint density at radius 1 is 0.370 bits per heavy atom. The van der Waals surface area contributed by atoms with Gasteiger partial charge in [0.15, 0.2) is 0 Å². The summed E-state index contributed by atoms with van der Waals surface area (Å²) in [6.45, 7) is 0.138. The SMILES string of the molecule is c1ccc(N2c3cccc4c3B(c3ccccc3N4c3ccc(-c4ccc5c6ccccc6c6ccccc6c5c4)cc3)c3sc4ccccc4c32)cc1. The van der Waals surface area contributed by atoms with E-state index >= 15 is 0 Å². The third-order valence-corrected chi connectivity index (χ3v) is 12.8. The molecule has 0 saturated carbocycles. The van der Waals surface area contributed by atoms with Gasteiger partial charge < -0.3 is 9.80 Å². The maximum absolute atomic E-state index is 2.51. The van der Waals surface area contributed by atoms with E-state index in [1.54, 1.807) is 0 Å². The number of rotatable bonds is 3. The van der Waals surface area contributed by atoms with Crippen LogP contribution in [0.1, 0.15) is 0 Å². The van der Waals surface area contributed by atoms with E-state index in [9.17, 15) is 0 Å². The maximum atomic E-state index is 2.51. The van der Waals surface area contributed by atoms with Crippen molar-refractivity contribution in [1.29, 1.82) is 0 Å². The molecule has 10 aromatic rings. The fourth-order valence-electron chi connectivity index (χ4n) is 9.33. The lowest BCUT2D eigenvalue weighted by molar-refractivity contribution is 1.26. The molecule has 1 aromatic heterocycles. The molecule has 9 aromatic carbocycles. The highest BCUT2D eigenvalue weighted by Crippen LogP contribution is 2.47. The highest BCUT2D eigenvalue weighted by molar-refractivity contribution is 7.33. The molecule has 12 rings (SSSR count). The molecule has 0 aliphatic carbocycles. The van der Waals surface area contributed by atoms with Crippen molar-refractivity contribution in [2.75, 3.05) is 9.80 Å². The zero-order valence-electron chi connectivity index (χ0n) is 29.3. The van der Waals surface area contributed by atoms with Gasteiger partial charge in [-0.1, -0.05) is 133 Å². The van der Waals surface area contributed by atoms with Crippen molar-refractivity contribution in [2.45, 2.75) is 0 Å². The van der Waals surface area contributed by atoms with E-state index in [4.69, 9.17) is 0 Å². The lowest BCUT2D eigenvalue weighted by Crippen LogP contribution is -2.60. The highest BCUT2D eigenvalue weighted by Gasteiger charge is 2.44. The molecule has 0 bridgehead atoms. The monoisotopic (exact) mass is 702 g/mol. The number of benzene rings is 9. The molecule has 54 heavy (non-hydrogen) atoms. The van der Waals surface area contributed by atoms with Crippen molar-refractivity contribution >= 4 is 110 Å². The number of hydrogen-bond donors (Lipinski definition) is 0. The molecule has 0 radical (unpaired) electrons. The van der Waals surface area contributed by atoms with Crippen molar-refractivity contribution in [3.05, 3.63) is 188 Å². The van der Waals surface area contributed by atoms with Crippen molar-refractivity contribution in [3.63, 3.8) is 0 Å². The van der Waals surface area contributed by atoms with E-state index in [0.717, 1.165) is 5.69 Å². The van der Waals surface area contributed by atoms with Gasteiger partial charge in [0.1, 0.15) is 0 Å². The second-order valence-electron chi connectivity index (χ2n) is 14.4. The smallest absolute Gasteiger partial charge is 0.264 e. The zero-order chi connectivity index (χ0) is 35.3. The van der Waals surface area contributed by atoms with Crippen LogP contribution in [0, 0.1) is 0 Å². The predicted octanol–water partition coefficient (Wildman–Crippen LogP) is 12.1. The van der Waals surface area contributed by atoms with Crippen LogP contribution in [0.5, 0.6) is 0 Å². The van der Waals surface area contributed by atoms with Crippen LogP contribution >= 0.6 is 11.3 Å². The van der Waals surface area contributed by atoms with Gasteiger partial charge in [0.05, 0.1) is 5.69 Å². The largest absolute Gasteiger partial charge is 0.311 e. The van der Waals surface area contributed by atoms with Crippen molar-refractivity contribution in [1.82, 2.24) is 0 Å². The van der Waals surface area contributed by atoms with Crippen LogP contribution in [0.15, 0.2) is 188 Å².